The van der Waals surface area contributed by atoms with Crippen molar-refractivity contribution < 1.29 is 19.4 Å². The summed E-state index contributed by atoms with van der Waals surface area (Å²) >= 11 is 0. The number of anilines is 1. The molecule has 0 saturated carbocycles. The third-order valence-electron chi connectivity index (χ3n) is 5.62. The number of para-hydroxylation sites is 1. The number of fused-ring (bicyclic) bond motifs is 1. The summed E-state index contributed by atoms with van der Waals surface area (Å²) in [6.45, 7) is 7.88. The molecule has 1 amide bonds. The summed E-state index contributed by atoms with van der Waals surface area (Å²) in [4.78, 5) is 26.9. The Morgan fingerprint density at radius 2 is 2.12 bits per heavy atom. The molecule has 2 fully saturated rings. The molecule has 5 atom stereocenters. The van der Waals surface area contributed by atoms with Crippen molar-refractivity contribution in [3.05, 3.63) is 54.1 Å². The predicted octanol–water partition coefficient (Wildman–Crippen LogP) is 2.70. The summed E-state index contributed by atoms with van der Waals surface area (Å²) in [5, 5.41) is 9.67. The molecule has 2 saturated heterocycles. The van der Waals surface area contributed by atoms with Gasteiger partial charge in [0.05, 0.1) is 18.1 Å². The number of nitrogens with zero attached hydrogens (tertiary/aromatic N) is 1. The highest BCUT2D eigenvalue weighted by atomic mass is 16.5. The zero-order valence-electron chi connectivity index (χ0n) is 14.3. The molecule has 4 rings (SSSR count). The van der Waals surface area contributed by atoms with Crippen LogP contribution in [0.3, 0.4) is 0 Å². The number of aliphatic carboxylic acids is 1. The minimum Gasteiger partial charge on any atom is -0.481 e. The van der Waals surface area contributed by atoms with E-state index in [-0.39, 0.29) is 11.9 Å². The number of rotatable bonds is 4. The third-order valence-corrected chi connectivity index (χ3v) is 5.62. The molecule has 0 radical (unpaired) electrons. The van der Waals surface area contributed by atoms with Gasteiger partial charge in [0.2, 0.25) is 5.91 Å². The lowest BCUT2D eigenvalue weighted by atomic mass is 9.74. The standard InChI is InChI=1S/C20H21NO4/c1-11(2)10-15-20-9-8-14(25-20)16(19(23)24)17(20)18(22)21(15)13-7-5-4-6-12(13)3/h4-9,14-17H,1,10H2,2-3H3,(H,23,24)/t14-,15?,16?,17+,20-/m1/s1. The molecule has 1 aromatic carbocycles. The van der Waals surface area contributed by atoms with Crippen molar-refractivity contribution in [1.82, 2.24) is 0 Å². The molecule has 130 valence electrons. The molecule has 0 aliphatic carbocycles. The first-order valence-corrected chi connectivity index (χ1v) is 8.50. The Morgan fingerprint density at radius 3 is 2.76 bits per heavy atom. The average molecular weight is 339 g/mol. The van der Waals surface area contributed by atoms with Gasteiger partial charge in [0, 0.05) is 5.69 Å². The van der Waals surface area contributed by atoms with Crippen LogP contribution < -0.4 is 4.90 Å². The van der Waals surface area contributed by atoms with Crippen LogP contribution in [-0.4, -0.2) is 34.7 Å². The molecule has 1 spiro atoms. The van der Waals surface area contributed by atoms with E-state index in [0.29, 0.717) is 6.42 Å². The first-order chi connectivity index (χ1) is 11.9. The van der Waals surface area contributed by atoms with Gasteiger partial charge in [-0.15, -0.1) is 6.58 Å². The van der Waals surface area contributed by atoms with Crippen LogP contribution in [0, 0.1) is 18.8 Å². The number of carbonyl (C=O) groups is 2. The number of benzene rings is 1. The summed E-state index contributed by atoms with van der Waals surface area (Å²) < 4.78 is 6.14. The van der Waals surface area contributed by atoms with Gasteiger partial charge >= 0.3 is 5.97 Å². The number of hydrogen-bond acceptors (Lipinski definition) is 3. The fourth-order valence-corrected chi connectivity index (χ4v) is 4.63. The maximum absolute atomic E-state index is 13.4. The third kappa shape index (κ3) is 2.05. The number of hydrogen-bond donors (Lipinski definition) is 1. The lowest BCUT2D eigenvalue weighted by Crippen LogP contribution is -2.45. The SMILES string of the molecule is C=C(C)CC1N(c2ccccc2C)C(=O)[C@@H]2C(C(=O)O)[C@H]3C=C[C@@]12O3. The van der Waals surface area contributed by atoms with E-state index in [1.54, 1.807) is 11.0 Å². The second-order valence-electron chi connectivity index (χ2n) is 7.31. The highest BCUT2D eigenvalue weighted by Gasteiger charge is 2.71. The monoisotopic (exact) mass is 339 g/mol. The average Bonchev–Trinajstić information content (AvgIpc) is 3.18. The smallest absolute Gasteiger partial charge is 0.310 e. The van der Waals surface area contributed by atoms with Crippen molar-refractivity contribution in [3.8, 4) is 0 Å². The molecule has 3 aliphatic heterocycles. The van der Waals surface area contributed by atoms with E-state index in [2.05, 4.69) is 6.58 Å². The van der Waals surface area contributed by atoms with Gasteiger partial charge in [-0.2, -0.15) is 0 Å². The first kappa shape index (κ1) is 16.1. The van der Waals surface area contributed by atoms with Gasteiger partial charge in [0.1, 0.15) is 11.5 Å². The molecule has 0 aromatic heterocycles. The number of carboxylic acids is 1. The van der Waals surface area contributed by atoms with Crippen molar-refractivity contribution in [2.24, 2.45) is 11.8 Å². The quantitative estimate of drug-likeness (QED) is 0.857. The van der Waals surface area contributed by atoms with Crippen LogP contribution >= 0.6 is 0 Å². The number of aryl methyl sites for hydroxylation is 1. The second kappa shape index (κ2) is 5.30. The van der Waals surface area contributed by atoms with Crippen molar-refractivity contribution in [1.29, 1.82) is 0 Å². The van der Waals surface area contributed by atoms with Crippen LogP contribution in [0.4, 0.5) is 5.69 Å². The van der Waals surface area contributed by atoms with Gasteiger partial charge in [-0.3, -0.25) is 9.59 Å². The highest BCUT2D eigenvalue weighted by Crippen LogP contribution is 2.57. The van der Waals surface area contributed by atoms with Crippen LogP contribution in [0.15, 0.2) is 48.6 Å². The van der Waals surface area contributed by atoms with Gasteiger partial charge in [-0.1, -0.05) is 35.9 Å². The van der Waals surface area contributed by atoms with Gasteiger partial charge < -0.3 is 14.7 Å². The molecule has 2 unspecified atom stereocenters. The molecule has 1 N–H and O–H groups in total. The van der Waals surface area contributed by atoms with Crippen molar-refractivity contribution in [2.45, 2.75) is 38.0 Å². The van der Waals surface area contributed by atoms with E-state index < -0.39 is 29.5 Å². The van der Waals surface area contributed by atoms with Gasteiger partial charge in [0.25, 0.3) is 0 Å². The second-order valence-corrected chi connectivity index (χ2v) is 7.31. The van der Waals surface area contributed by atoms with E-state index in [1.807, 2.05) is 44.2 Å². The zero-order chi connectivity index (χ0) is 17.9. The fourth-order valence-electron chi connectivity index (χ4n) is 4.63. The van der Waals surface area contributed by atoms with Crippen LogP contribution in [0.1, 0.15) is 18.9 Å². The van der Waals surface area contributed by atoms with Gasteiger partial charge in [-0.05, 0) is 31.9 Å². The molecule has 2 bridgehead atoms. The minimum atomic E-state index is -0.977. The Labute approximate surface area is 146 Å². The largest absolute Gasteiger partial charge is 0.481 e. The fraction of sp³-hybridized carbons (Fsp3) is 0.400. The topological polar surface area (TPSA) is 66.8 Å². The van der Waals surface area contributed by atoms with Gasteiger partial charge in [0.15, 0.2) is 0 Å². The van der Waals surface area contributed by atoms with E-state index in [4.69, 9.17) is 4.74 Å². The Kier molecular flexibility index (Phi) is 3.41. The number of carboxylic acid groups (broad SMARTS) is 1. The first-order valence-electron chi connectivity index (χ1n) is 8.50. The molecule has 3 aliphatic rings. The zero-order valence-corrected chi connectivity index (χ0v) is 14.3. The number of carbonyl (C=O) groups excluding carboxylic acids is 1. The molecular weight excluding hydrogens is 318 g/mol. The molecule has 3 heterocycles. The normalized spacial score (nSPS) is 35.3. The van der Waals surface area contributed by atoms with Crippen molar-refractivity contribution >= 4 is 17.6 Å². The van der Waals surface area contributed by atoms with Gasteiger partial charge in [-0.25, -0.2) is 0 Å². The Morgan fingerprint density at radius 1 is 1.40 bits per heavy atom. The molecule has 5 heteroatoms. The van der Waals surface area contributed by atoms with Crippen molar-refractivity contribution in [3.63, 3.8) is 0 Å². The Balaban J connectivity index is 1.87. The van der Waals surface area contributed by atoms with Crippen LogP contribution in [0.5, 0.6) is 0 Å². The molecule has 5 nitrogen and oxygen atoms in total. The van der Waals surface area contributed by atoms with E-state index in [0.717, 1.165) is 16.8 Å². The maximum Gasteiger partial charge on any atom is 0.310 e. The van der Waals surface area contributed by atoms with Crippen molar-refractivity contribution in [2.75, 3.05) is 4.90 Å². The van der Waals surface area contributed by atoms with E-state index in [9.17, 15) is 14.7 Å². The number of amides is 1. The predicted molar refractivity (Wildman–Crippen MR) is 93.2 cm³/mol. The summed E-state index contributed by atoms with van der Waals surface area (Å²) in [6, 6.07) is 7.39. The Bertz CT molecular complexity index is 814. The summed E-state index contributed by atoms with van der Waals surface area (Å²) in [6.07, 6.45) is 3.75. The number of ether oxygens (including phenoxy) is 1. The van der Waals surface area contributed by atoms with E-state index >= 15 is 0 Å². The lowest BCUT2D eigenvalue weighted by Gasteiger charge is -2.34. The van der Waals surface area contributed by atoms with Crippen LogP contribution in [0.25, 0.3) is 0 Å². The van der Waals surface area contributed by atoms with Crippen LogP contribution in [0.2, 0.25) is 0 Å². The highest BCUT2D eigenvalue weighted by molar-refractivity contribution is 6.03. The molecule has 25 heavy (non-hydrogen) atoms. The summed E-state index contributed by atoms with van der Waals surface area (Å²) in [5.41, 5.74) is 1.84. The molecule has 1 aromatic rings. The van der Waals surface area contributed by atoms with Crippen LogP contribution in [-0.2, 0) is 14.3 Å². The summed E-state index contributed by atoms with van der Waals surface area (Å²) in [7, 11) is 0. The minimum absolute atomic E-state index is 0.167. The Hall–Kier alpha value is -2.40. The molecular formula is C20H21NO4. The maximum atomic E-state index is 13.4. The van der Waals surface area contributed by atoms with E-state index in [1.165, 1.54) is 0 Å². The lowest BCUT2D eigenvalue weighted by molar-refractivity contribution is -0.146. The summed E-state index contributed by atoms with van der Waals surface area (Å²) in [5.74, 6) is -2.67.